The summed E-state index contributed by atoms with van der Waals surface area (Å²) in [6.07, 6.45) is 5.00. The van der Waals surface area contributed by atoms with E-state index in [2.05, 4.69) is 20.4 Å². The Kier molecular flexibility index (Phi) is 3.47. The Balaban J connectivity index is 2.69. The number of hydrogen-bond donors (Lipinski definition) is 0. The van der Waals surface area contributed by atoms with E-state index in [0.717, 1.165) is 12.7 Å². The van der Waals surface area contributed by atoms with Gasteiger partial charge in [-0.3, -0.25) is 0 Å². The molecule has 1 heteroatoms. The predicted molar refractivity (Wildman–Crippen MR) is 55.5 cm³/mol. The summed E-state index contributed by atoms with van der Waals surface area (Å²) in [5.41, 5.74) is 4.20. The van der Waals surface area contributed by atoms with Crippen molar-refractivity contribution in [2.75, 3.05) is 0 Å². The van der Waals surface area contributed by atoms with E-state index in [1.54, 1.807) is 0 Å². The van der Waals surface area contributed by atoms with Crippen LogP contribution in [0.15, 0.2) is 23.3 Å². The summed E-state index contributed by atoms with van der Waals surface area (Å²) in [5.74, 6) is 0.556. The van der Waals surface area contributed by atoms with Crippen molar-refractivity contribution in [1.29, 1.82) is 0 Å². The quantitative estimate of drug-likeness (QED) is 0.477. The van der Waals surface area contributed by atoms with Gasteiger partial charge in [-0.15, -0.1) is 0 Å². The highest BCUT2D eigenvalue weighted by molar-refractivity contribution is 5.50. The van der Waals surface area contributed by atoms with Crippen molar-refractivity contribution in [3.63, 3.8) is 0 Å². The lowest BCUT2D eigenvalue weighted by atomic mass is 9.91. The minimum atomic E-state index is 0.556. The van der Waals surface area contributed by atoms with Gasteiger partial charge in [-0.2, -0.15) is 0 Å². The predicted octanol–water partition coefficient (Wildman–Crippen LogP) is 3.27. The van der Waals surface area contributed by atoms with E-state index < -0.39 is 0 Å². The van der Waals surface area contributed by atoms with Gasteiger partial charge in [0.1, 0.15) is 6.29 Å². The van der Waals surface area contributed by atoms with Crippen molar-refractivity contribution in [3.8, 4) is 0 Å². The van der Waals surface area contributed by atoms with Gasteiger partial charge in [0, 0.05) is 12.3 Å². The zero-order chi connectivity index (χ0) is 9.84. The third-order valence-electron chi connectivity index (χ3n) is 2.90. The van der Waals surface area contributed by atoms with E-state index in [1.165, 1.54) is 29.6 Å². The zero-order valence-electron chi connectivity index (χ0n) is 8.60. The van der Waals surface area contributed by atoms with Crippen molar-refractivity contribution >= 4 is 6.29 Å². The summed E-state index contributed by atoms with van der Waals surface area (Å²) >= 11 is 0. The highest BCUT2D eigenvalue weighted by Crippen LogP contribution is 2.37. The molecule has 1 aliphatic rings. The molecule has 0 fully saturated rings. The van der Waals surface area contributed by atoms with Gasteiger partial charge in [-0.25, -0.2) is 0 Å². The molecule has 1 nitrogen and oxygen atoms in total. The molecule has 72 valence electrons. The maximum Gasteiger partial charge on any atom is 0.120 e. The summed E-state index contributed by atoms with van der Waals surface area (Å²) in [4.78, 5) is 10.3. The zero-order valence-corrected chi connectivity index (χ0v) is 8.60. The number of hydrogen-bond acceptors (Lipinski definition) is 1. The minimum absolute atomic E-state index is 0.556. The molecular formula is C12H18O. The Morgan fingerprint density at radius 3 is 2.92 bits per heavy atom. The van der Waals surface area contributed by atoms with Crippen LogP contribution in [0, 0.1) is 5.92 Å². The van der Waals surface area contributed by atoms with Crippen LogP contribution in [0.4, 0.5) is 0 Å². The van der Waals surface area contributed by atoms with Gasteiger partial charge in [0.25, 0.3) is 0 Å². The molecule has 0 heterocycles. The fraction of sp³-hybridized carbons (Fsp3) is 0.583. The largest absolute Gasteiger partial charge is 0.303 e. The average Bonchev–Trinajstić information content (AvgIpc) is 2.43. The normalized spacial score (nSPS) is 22.2. The van der Waals surface area contributed by atoms with Crippen molar-refractivity contribution in [2.24, 2.45) is 5.92 Å². The first kappa shape index (κ1) is 10.2. The maximum absolute atomic E-state index is 10.3. The highest BCUT2D eigenvalue weighted by Gasteiger charge is 2.22. The molecule has 1 atom stereocenters. The smallest absolute Gasteiger partial charge is 0.120 e. The van der Waals surface area contributed by atoms with Crippen LogP contribution in [0.1, 0.15) is 39.5 Å². The number of carbonyl (C=O) groups excluding carboxylic acids is 1. The van der Waals surface area contributed by atoms with E-state index >= 15 is 0 Å². The molecule has 0 radical (unpaired) electrons. The molecule has 0 aromatic heterocycles. The van der Waals surface area contributed by atoms with Crippen LogP contribution in [0.5, 0.6) is 0 Å². The molecule has 13 heavy (non-hydrogen) atoms. The summed E-state index contributed by atoms with van der Waals surface area (Å²) < 4.78 is 0. The standard InChI is InChI=1S/C12H18O/c1-9(2)11-7-6-10(3)12(11)5-4-8-13/h8,11H,1,4-7H2,2-3H3. The van der Waals surface area contributed by atoms with Crippen molar-refractivity contribution in [2.45, 2.75) is 39.5 Å². The third kappa shape index (κ3) is 2.30. The second-order valence-electron chi connectivity index (χ2n) is 3.95. The summed E-state index contributed by atoms with van der Waals surface area (Å²) in [5, 5.41) is 0. The molecule has 0 aromatic rings. The summed E-state index contributed by atoms with van der Waals surface area (Å²) in [6.45, 7) is 8.28. The second kappa shape index (κ2) is 4.40. The molecule has 0 saturated heterocycles. The van der Waals surface area contributed by atoms with Crippen LogP contribution in [0.25, 0.3) is 0 Å². The molecule has 0 amide bonds. The van der Waals surface area contributed by atoms with Gasteiger partial charge in [-0.05, 0) is 33.1 Å². The Bertz CT molecular complexity index is 248. The molecule has 1 aliphatic carbocycles. The highest BCUT2D eigenvalue weighted by atomic mass is 16.1. The summed E-state index contributed by atoms with van der Waals surface area (Å²) in [6, 6.07) is 0. The van der Waals surface area contributed by atoms with E-state index in [-0.39, 0.29) is 0 Å². The van der Waals surface area contributed by atoms with E-state index in [4.69, 9.17) is 0 Å². The van der Waals surface area contributed by atoms with Gasteiger partial charge < -0.3 is 4.79 Å². The van der Waals surface area contributed by atoms with E-state index in [0.29, 0.717) is 12.3 Å². The number of aldehydes is 1. The summed E-state index contributed by atoms with van der Waals surface area (Å²) in [7, 11) is 0. The topological polar surface area (TPSA) is 17.1 Å². The van der Waals surface area contributed by atoms with E-state index in [9.17, 15) is 4.79 Å². The van der Waals surface area contributed by atoms with Gasteiger partial charge in [0.2, 0.25) is 0 Å². The van der Waals surface area contributed by atoms with Gasteiger partial charge >= 0.3 is 0 Å². The van der Waals surface area contributed by atoms with Crippen molar-refractivity contribution in [3.05, 3.63) is 23.3 Å². The van der Waals surface area contributed by atoms with Crippen LogP contribution in [0.2, 0.25) is 0 Å². The molecule has 1 unspecified atom stereocenters. The fourth-order valence-corrected chi connectivity index (χ4v) is 2.14. The maximum atomic E-state index is 10.3. The lowest BCUT2D eigenvalue weighted by Crippen LogP contribution is -2.00. The van der Waals surface area contributed by atoms with Gasteiger partial charge in [0.05, 0.1) is 0 Å². The number of carbonyl (C=O) groups is 1. The van der Waals surface area contributed by atoms with E-state index in [1.807, 2.05) is 0 Å². The first-order valence-electron chi connectivity index (χ1n) is 4.94. The Morgan fingerprint density at radius 1 is 1.69 bits per heavy atom. The molecule has 0 aromatic carbocycles. The lowest BCUT2D eigenvalue weighted by molar-refractivity contribution is -0.107. The van der Waals surface area contributed by atoms with Crippen LogP contribution < -0.4 is 0 Å². The van der Waals surface area contributed by atoms with Gasteiger partial charge in [-0.1, -0.05) is 23.3 Å². The lowest BCUT2D eigenvalue weighted by Gasteiger charge is -2.14. The first-order valence-corrected chi connectivity index (χ1v) is 4.94. The first-order chi connectivity index (χ1) is 6.16. The fourth-order valence-electron chi connectivity index (χ4n) is 2.14. The monoisotopic (exact) mass is 178 g/mol. The second-order valence-corrected chi connectivity index (χ2v) is 3.95. The third-order valence-corrected chi connectivity index (χ3v) is 2.90. The average molecular weight is 178 g/mol. The molecule has 1 rings (SSSR count). The molecular weight excluding hydrogens is 160 g/mol. The molecule has 0 spiro atoms. The van der Waals surface area contributed by atoms with Crippen LogP contribution in [-0.4, -0.2) is 6.29 Å². The molecule has 0 aliphatic heterocycles. The SMILES string of the molecule is C=C(C)C1CCC(C)=C1CCC=O. The Labute approximate surface area is 80.5 Å². The van der Waals surface area contributed by atoms with Crippen LogP contribution >= 0.6 is 0 Å². The van der Waals surface area contributed by atoms with Crippen LogP contribution in [-0.2, 0) is 4.79 Å². The Hall–Kier alpha value is -0.850. The molecule has 0 N–H and O–H groups in total. The van der Waals surface area contributed by atoms with Crippen molar-refractivity contribution < 1.29 is 4.79 Å². The number of allylic oxidation sites excluding steroid dienone is 3. The minimum Gasteiger partial charge on any atom is -0.303 e. The molecule has 0 saturated carbocycles. The van der Waals surface area contributed by atoms with Crippen LogP contribution in [0.3, 0.4) is 0 Å². The molecule has 0 bridgehead atoms. The van der Waals surface area contributed by atoms with Gasteiger partial charge in [0.15, 0.2) is 0 Å². The number of rotatable bonds is 4. The van der Waals surface area contributed by atoms with Crippen molar-refractivity contribution in [1.82, 2.24) is 0 Å². The Morgan fingerprint density at radius 2 is 2.38 bits per heavy atom.